The van der Waals surface area contributed by atoms with Crippen LogP contribution in [0.3, 0.4) is 0 Å². The predicted octanol–water partition coefficient (Wildman–Crippen LogP) is 0.659. The summed E-state index contributed by atoms with van der Waals surface area (Å²) >= 11 is 0. The van der Waals surface area contributed by atoms with Crippen molar-refractivity contribution >= 4 is 11.8 Å². The molecule has 26 heavy (non-hydrogen) atoms. The molecule has 1 heterocycles. The molecule has 2 aliphatic rings. The molecule has 150 valence electrons. The molecule has 2 rings (SSSR count). The fourth-order valence-electron chi connectivity index (χ4n) is 3.91. The molecule has 0 radical (unpaired) electrons. The maximum atomic E-state index is 12.2. The normalized spacial score (nSPS) is 27.3. The number of ether oxygens (including phenoxy) is 1. The molecule has 3 N–H and O–H groups in total. The second-order valence-electron chi connectivity index (χ2n) is 7.88. The van der Waals surface area contributed by atoms with Crippen LogP contribution in [0.25, 0.3) is 0 Å². The minimum atomic E-state index is -0.381. The average molecular weight is 370 g/mol. The second kappa shape index (κ2) is 10.8. The Morgan fingerprint density at radius 3 is 2.50 bits per heavy atom. The molecule has 7 heteroatoms. The summed E-state index contributed by atoms with van der Waals surface area (Å²) in [6, 6.07) is -0.152. The van der Waals surface area contributed by atoms with Crippen LogP contribution >= 0.6 is 0 Å². The predicted molar refractivity (Wildman–Crippen MR) is 99.7 cm³/mol. The molecule has 7 nitrogen and oxygen atoms in total. The lowest BCUT2D eigenvalue weighted by atomic mass is 9.88. The van der Waals surface area contributed by atoms with Gasteiger partial charge in [0, 0.05) is 12.5 Å². The maximum absolute atomic E-state index is 12.2. The lowest BCUT2D eigenvalue weighted by molar-refractivity contribution is -0.130. The number of hydrogen-bond acceptors (Lipinski definition) is 5. The lowest BCUT2D eigenvalue weighted by Gasteiger charge is -2.36. The van der Waals surface area contributed by atoms with E-state index in [0.29, 0.717) is 13.1 Å². The standard InChI is InChI=1S/C19H35N3O4/c1-22(2)12-18(24)21-16-9-8-15(26-17(16)13-23)10-11-20-19(25)14-6-4-3-5-7-14/h14-17,23H,3-13H2,1-2H3,(H,20,25)(H,21,24)/t15-,16-,17+/m1/s1. The minimum absolute atomic E-state index is 0.0146. The molecular formula is C19H35N3O4. The summed E-state index contributed by atoms with van der Waals surface area (Å²) < 4.78 is 5.95. The summed E-state index contributed by atoms with van der Waals surface area (Å²) in [5, 5.41) is 15.6. The molecule has 0 bridgehead atoms. The summed E-state index contributed by atoms with van der Waals surface area (Å²) in [5.74, 6) is 0.297. The van der Waals surface area contributed by atoms with Gasteiger partial charge in [0.1, 0.15) is 6.10 Å². The van der Waals surface area contributed by atoms with E-state index < -0.39 is 0 Å². The number of nitrogens with one attached hydrogen (secondary N) is 2. The fraction of sp³-hybridized carbons (Fsp3) is 0.895. The fourth-order valence-corrected chi connectivity index (χ4v) is 3.91. The zero-order valence-electron chi connectivity index (χ0n) is 16.2. The van der Waals surface area contributed by atoms with Crippen LogP contribution in [0, 0.1) is 5.92 Å². The van der Waals surface area contributed by atoms with Crippen LogP contribution in [-0.4, -0.2) is 73.9 Å². The van der Waals surface area contributed by atoms with Crippen molar-refractivity contribution in [1.82, 2.24) is 15.5 Å². The Morgan fingerprint density at radius 1 is 1.12 bits per heavy atom. The van der Waals surface area contributed by atoms with Crippen molar-refractivity contribution in [2.45, 2.75) is 69.6 Å². The van der Waals surface area contributed by atoms with Gasteiger partial charge in [0.2, 0.25) is 11.8 Å². The van der Waals surface area contributed by atoms with Gasteiger partial charge in [-0.15, -0.1) is 0 Å². The molecule has 1 saturated carbocycles. The number of carbonyl (C=O) groups excluding carboxylic acids is 2. The van der Waals surface area contributed by atoms with E-state index in [-0.39, 0.29) is 42.6 Å². The van der Waals surface area contributed by atoms with E-state index in [9.17, 15) is 14.7 Å². The Kier molecular flexibility index (Phi) is 8.81. The van der Waals surface area contributed by atoms with Crippen molar-refractivity contribution in [3.63, 3.8) is 0 Å². The third-order valence-electron chi connectivity index (χ3n) is 5.34. The Bertz CT molecular complexity index is 452. The number of likely N-dealkylation sites (N-methyl/N-ethyl adjacent to an activating group) is 1. The van der Waals surface area contributed by atoms with Crippen molar-refractivity contribution < 1.29 is 19.4 Å². The lowest BCUT2D eigenvalue weighted by Crippen LogP contribution is -2.52. The van der Waals surface area contributed by atoms with Crippen LogP contribution in [0.1, 0.15) is 51.4 Å². The summed E-state index contributed by atoms with van der Waals surface area (Å²) in [6.07, 6.45) is 7.55. The quantitative estimate of drug-likeness (QED) is 0.585. The number of nitrogens with zero attached hydrogens (tertiary/aromatic N) is 1. The third kappa shape index (κ3) is 6.85. The molecule has 1 aliphatic carbocycles. The van der Waals surface area contributed by atoms with Gasteiger partial charge in [0.15, 0.2) is 0 Å². The van der Waals surface area contributed by atoms with E-state index in [1.165, 1.54) is 6.42 Å². The number of amides is 2. The average Bonchev–Trinajstić information content (AvgIpc) is 2.62. The van der Waals surface area contributed by atoms with Crippen LogP contribution in [-0.2, 0) is 14.3 Å². The number of hydrogen-bond donors (Lipinski definition) is 3. The van der Waals surface area contributed by atoms with Crippen LogP contribution in [0.4, 0.5) is 0 Å². The molecule has 0 unspecified atom stereocenters. The van der Waals surface area contributed by atoms with E-state index in [2.05, 4.69) is 10.6 Å². The summed E-state index contributed by atoms with van der Waals surface area (Å²) in [4.78, 5) is 25.9. The first-order valence-electron chi connectivity index (χ1n) is 9.97. The van der Waals surface area contributed by atoms with Crippen LogP contribution in [0.2, 0.25) is 0 Å². The minimum Gasteiger partial charge on any atom is -0.394 e. The maximum Gasteiger partial charge on any atom is 0.234 e. The van der Waals surface area contributed by atoms with Crippen molar-refractivity contribution in [2.24, 2.45) is 5.92 Å². The number of aliphatic hydroxyl groups excluding tert-OH is 1. The Morgan fingerprint density at radius 2 is 1.85 bits per heavy atom. The monoisotopic (exact) mass is 369 g/mol. The van der Waals surface area contributed by atoms with E-state index in [1.54, 1.807) is 0 Å². The highest BCUT2D eigenvalue weighted by Crippen LogP contribution is 2.24. The summed E-state index contributed by atoms with van der Waals surface area (Å²) in [7, 11) is 3.69. The van der Waals surface area contributed by atoms with E-state index in [0.717, 1.165) is 44.9 Å². The largest absolute Gasteiger partial charge is 0.394 e. The van der Waals surface area contributed by atoms with E-state index in [4.69, 9.17) is 4.74 Å². The van der Waals surface area contributed by atoms with Crippen molar-refractivity contribution in [3.05, 3.63) is 0 Å². The van der Waals surface area contributed by atoms with Gasteiger partial charge in [-0.05, 0) is 46.2 Å². The van der Waals surface area contributed by atoms with E-state index in [1.807, 2.05) is 19.0 Å². The zero-order valence-corrected chi connectivity index (χ0v) is 16.2. The topological polar surface area (TPSA) is 90.9 Å². The molecule has 0 aromatic heterocycles. The Balaban J connectivity index is 1.69. The molecule has 2 amide bonds. The van der Waals surface area contributed by atoms with Gasteiger partial charge in [-0.3, -0.25) is 9.59 Å². The first kappa shape index (κ1) is 21.1. The van der Waals surface area contributed by atoms with Gasteiger partial charge < -0.3 is 25.4 Å². The van der Waals surface area contributed by atoms with Gasteiger partial charge in [-0.1, -0.05) is 19.3 Å². The number of aliphatic hydroxyl groups is 1. The molecule has 0 aromatic carbocycles. The number of carbonyl (C=O) groups is 2. The van der Waals surface area contributed by atoms with Crippen LogP contribution in [0.5, 0.6) is 0 Å². The number of rotatable bonds is 8. The Hall–Kier alpha value is -1.18. The Labute approximate surface area is 156 Å². The molecule has 3 atom stereocenters. The first-order chi connectivity index (χ1) is 12.5. The SMILES string of the molecule is CN(C)CC(=O)N[C@@H]1CC[C@H](CCNC(=O)C2CCCCC2)O[C@H]1CO. The van der Waals surface area contributed by atoms with Crippen LogP contribution in [0.15, 0.2) is 0 Å². The molecule has 0 spiro atoms. The highest BCUT2D eigenvalue weighted by molar-refractivity contribution is 5.78. The first-order valence-corrected chi connectivity index (χ1v) is 9.97. The van der Waals surface area contributed by atoms with Crippen molar-refractivity contribution in [2.75, 3.05) is 33.8 Å². The van der Waals surface area contributed by atoms with Crippen molar-refractivity contribution in [1.29, 1.82) is 0 Å². The smallest absolute Gasteiger partial charge is 0.234 e. The van der Waals surface area contributed by atoms with Gasteiger partial charge in [-0.25, -0.2) is 0 Å². The van der Waals surface area contributed by atoms with Crippen molar-refractivity contribution in [3.8, 4) is 0 Å². The molecule has 1 saturated heterocycles. The third-order valence-corrected chi connectivity index (χ3v) is 5.34. The van der Waals surface area contributed by atoms with E-state index >= 15 is 0 Å². The van der Waals surface area contributed by atoms with Gasteiger partial charge in [-0.2, -0.15) is 0 Å². The molecule has 1 aliphatic heterocycles. The highest BCUT2D eigenvalue weighted by Gasteiger charge is 2.32. The van der Waals surface area contributed by atoms with Gasteiger partial charge in [0.05, 0.1) is 25.3 Å². The van der Waals surface area contributed by atoms with Crippen LogP contribution < -0.4 is 10.6 Å². The zero-order chi connectivity index (χ0) is 18.9. The molecule has 0 aromatic rings. The van der Waals surface area contributed by atoms with Gasteiger partial charge in [0.25, 0.3) is 0 Å². The molecule has 2 fully saturated rings. The summed E-state index contributed by atoms with van der Waals surface area (Å²) in [6.45, 7) is 0.818. The highest BCUT2D eigenvalue weighted by atomic mass is 16.5. The summed E-state index contributed by atoms with van der Waals surface area (Å²) in [5.41, 5.74) is 0. The molecular weight excluding hydrogens is 334 g/mol. The second-order valence-corrected chi connectivity index (χ2v) is 7.88. The van der Waals surface area contributed by atoms with Gasteiger partial charge >= 0.3 is 0 Å².